The van der Waals surface area contributed by atoms with Crippen LogP contribution in [0.3, 0.4) is 0 Å². The highest BCUT2D eigenvalue weighted by Gasteiger charge is 2.22. The molecule has 2 aromatic heterocycles. The van der Waals surface area contributed by atoms with E-state index in [1.165, 1.54) is 22.2 Å². The van der Waals surface area contributed by atoms with Gasteiger partial charge in [-0.3, -0.25) is 9.36 Å². The van der Waals surface area contributed by atoms with Crippen molar-refractivity contribution in [3.8, 4) is 11.4 Å². The van der Waals surface area contributed by atoms with Crippen LogP contribution >= 0.6 is 23.1 Å². The van der Waals surface area contributed by atoms with E-state index in [-0.39, 0.29) is 12.0 Å². The minimum atomic E-state index is 0.00975. The molecule has 3 heterocycles. The third-order valence-corrected chi connectivity index (χ3v) is 6.86. The van der Waals surface area contributed by atoms with Crippen molar-refractivity contribution in [3.63, 3.8) is 0 Å². The number of nitrogens with zero attached hydrogens (tertiary/aromatic N) is 3. The Labute approximate surface area is 185 Å². The summed E-state index contributed by atoms with van der Waals surface area (Å²) in [5, 5.41) is 14.7. The lowest BCUT2D eigenvalue weighted by Gasteiger charge is -2.14. The monoisotopic (exact) mass is 442 g/mol. The van der Waals surface area contributed by atoms with Crippen LogP contribution < -0.4 is 5.32 Å². The number of carbonyl (C=O) groups is 1. The molecule has 0 spiro atoms. The largest absolute Gasteiger partial charge is 0.376 e. The predicted octanol–water partition coefficient (Wildman–Crippen LogP) is 3.95. The molecule has 0 aliphatic carbocycles. The van der Waals surface area contributed by atoms with Crippen LogP contribution in [0.4, 0.5) is 0 Å². The maximum Gasteiger partial charge on any atom is 0.230 e. The second-order valence-corrected chi connectivity index (χ2v) is 9.43. The van der Waals surface area contributed by atoms with E-state index >= 15 is 0 Å². The van der Waals surface area contributed by atoms with Crippen LogP contribution in [-0.2, 0) is 22.5 Å². The van der Waals surface area contributed by atoms with Crippen molar-refractivity contribution >= 4 is 29.0 Å². The lowest BCUT2D eigenvalue weighted by molar-refractivity contribution is -0.118. The molecule has 6 nitrogen and oxygen atoms in total. The van der Waals surface area contributed by atoms with Gasteiger partial charge in [0, 0.05) is 29.0 Å². The molecule has 3 aromatic rings. The van der Waals surface area contributed by atoms with Crippen molar-refractivity contribution in [2.24, 2.45) is 0 Å². The summed E-state index contributed by atoms with van der Waals surface area (Å²) < 4.78 is 7.95. The molecule has 1 aromatic carbocycles. The van der Waals surface area contributed by atoms with Crippen LogP contribution in [0.2, 0.25) is 0 Å². The van der Waals surface area contributed by atoms with E-state index in [2.05, 4.69) is 50.6 Å². The maximum atomic E-state index is 12.3. The van der Waals surface area contributed by atoms with Crippen molar-refractivity contribution in [2.45, 2.75) is 44.0 Å². The summed E-state index contributed by atoms with van der Waals surface area (Å²) in [7, 11) is 0. The standard InChI is InChI=1S/C22H26N4O2S2/c1-16-12-18(14-29-16)21-24-25-22(26(21)13-19-8-5-11-28-19)30-15-20(27)23-10-9-17-6-3-2-4-7-17/h2-4,6-7,12,14,19H,5,8-11,13,15H2,1H3,(H,23,27). The number of thiophene rings is 1. The number of amides is 1. The topological polar surface area (TPSA) is 69.0 Å². The van der Waals surface area contributed by atoms with E-state index in [9.17, 15) is 4.79 Å². The molecule has 0 saturated carbocycles. The van der Waals surface area contributed by atoms with Gasteiger partial charge >= 0.3 is 0 Å². The van der Waals surface area contributed by atoms with Crippen molar-refractivity contribution in [2.75, 3.05) is 18.9 Å². The molecule has 158 valence electrons. The molecule has 1 aliphatic heterocycles. The molecule has 0 radical (unpaired) electrons. The molecule has 30 heavy (non-hydrogen) atoms. The fraction of sp³-hybridized carbons (Fsp3) is 0.409. The van der Waals surface area contributed by atoms with Crippen molar-refractivity contribution in [1.29, 1.82) is 0 Å². The van der Waals surface area contributed by atoms with Gasteiger partial charge < -0.3 is 10.1 Å². The molecule has 1 fully saturated rings. The Hall–Kier alpha value is -2.16. The van der Waals surface area contributed by atoms with Crippen LogP contribution in [0.25, 0.3) is 11.4 Å². The van der Waals surface area contributed by atoms with E-state index in [0.29, 0.717) is 12.3 Å². The summed E-state index contributed by atoms with van der Waals surface area (Å²) in [5.74, 6) is 1.18. The summed E-state index contributed by atoms with van der Waals surface area (Å²) in [5.41, 5.74) is 2.29. The second kappa shape index (κ2) is 10.2. The molecular weight excluding hydrogens is 416 g/mol. The number of carbonyl (C=O) groups excluding carboxylic acids is 1. The Morgan fingerprint density at radius 1 is 1.33 bits per heavy atom. The average Bonchev–Trinajstić information content (AvgIpc) is 3.50. The first-order valence-corrected chi connectivity index (χ1v) is 12.1. The fourth-order valence-corrected chi connectivity index (χ4v) is 4.96. The van der Waals surface area contributed by atoms with Gasteiger partial charge in [0.2, 0.25) is 5.91 Å². The average molecular weight is 443 g/mol. The second-order valence-electron chi connectivity index (χ2n) is 7.37. The number of rotatable bonds is 9. The van der Waals surface area contributed by atoms with Crippen LogP contribution in [0, 0.1) is 6.92 Å². The van der Waals surface area contributed by atoms with Gasteiger partial charge in [0.1, 0.15) is 0 Å². The Morgan fingerprint density at radius 2 is 2.20 bits per heavy atom. The zero-order valence-electron chi connectivity index (χ0n) is 17.0. The maximum absolute atomic E-state index is 12.3. The third-order valence-electron chi connectivity index (χ3n) is 5.03. The van der Waals surface area contributed by atoms with E-state index in [0.717, 1.165) is 49.0 Å². The molecule has 1 aliphatic rings. The summed E-state index contributed by atoms with van der Waals surface area (Å²) in [6.07, 6.45) is 3.14. The smallest absolute Gasteiger partial charge is 0.230 e. The highest BCUT2D eigenvalue weighted by molar-refractivity contribution is 7.99. The van der Waals surface area contributed by atoms with Crippen molar-refractivity contribution < 1.29 is 9.53 Å². The predicted molar refractivity (Wildman–Crippen MR) is 121 cm³/mol. The van der Waals surface area contributed by atoms with Crippen LogP contribution in [0.15, 0.2) is 46.9 Å². The zero-order valence-corrected chi connectivity index (χ0v) is 18.7. The molecule has 4 rings (SSSR count). The summed E-state index contributed by atoms with van der Waals surface area (Å²) in [4.78, 5) is 13.6. The van der Waals surface area contributed by atoms with Gasteiger partial charge in [0.25, 0.3) is 0 Å². The van der Waals surface area contributed by atoms with E-state index in [1.54, 1.807) is 11.3 Å². The molecular formula is C22H26N4O2S2. The number of aromatic nitrogens is 3. The SMILES string of the molecule is Cc1cc(-c2nnc(SCC(=O)NCCc3ccccc3)n2CC2CCCO2)cs1. The lowest BCUT2D eigenvalue weighted by Crippen LogP contribution is -2.27. The summed E-state index contributed by atoms with van der Waals surface area (Å²) in [6, 6.07) is 12.3. The van der Waals surface area contributed by atoms with Gasteiger partial charge in [-0.1, -0.05) is 42.1 Å². The molecule has 0 bridgehead atoms. The number of hydrogen-bond donors (Lipinski definition) is 1. The van der Waals surface area contributed by atoms with Gasteiger partial charge in [-0.2, -0.15) is 0 Å². The quantitative estimate of drug-likeness (QED) is 0.508. The van der Waals surface area contributed by atoms with Crippen LogP contribution in [0.1, 0.15) is 23.3 Å². The minimum absolute atomic E-state index is 0.00975. The van der Waals surface area contributed by atoms with Gasteiger partial charge in [-0.15, -0.1) is 21.5 Å². The molecule has 1 N–H and O–H groups in total. The van der Waals surface area contributed by atoms with Crippen LogP contribution in [-0.4, -0.2) is 45.7 Å². The first-order chi connectivity index (χ1) is 14.7. The Balaban J connectivity index is 1.37. The Morgan fingerprint density at radius 3 is 2.93 bits per heavy atom. The minimum Gasteiger partial charge on any atom is -0.376 e. The van der Waals surface area contributed by atoms with Gasteiger partial charge in [0.05, 0.1) is 18.4 Å². The Kier molecular flexibility index (Phi) is 7.20. The number of ether oxygens (including phenoxy) is 1. The summed E-state index contributed by atoms with van der Waals surface area (Å²) >= 11 is 3.13. The first-order valence-electron chi connectivity index (χ1n) is 10.2. The van der Waals surface area contributed by atoms with E-state index in [1.807, 2.05) is 18.2 Å². The van der Waals surface area contributed by atoms with Gasteiger partial charge in [0.15, 0.2) is 11.0 Å². The van der Waals surface area contributed by atoms with E-state index in [4.69, 9.17) is 4.74 Å². The van der Waals surface area contributed by atoms with Gasteiger partial charge in [-0.05, 0) is 37.8 Å². The van der Waals surface area contributed by atoms with Crippen molar-refractivity contribution in [1.82, 2.24) is 20.1 Å². The molecule has 1 amide bonds. The Bertz CT molecular complexity index is 965. The third kappa shape index (κ3) is 5.50. The number of hydrogen-bond acceptors (Lipinski definition) is 6. The fourth-order valence-electron chi connectivity index (χ4n) is 3.50. The number of aryl methyl sites for hydroxylation is 1. The molecule has 8 heteroatoms. The van der Waals surface area contributed by atoms with Gasteiger partial charge in [-0.25, -0.2) is 0 Å². The molecule has 1 saturated heterocycles. The normalized spacial score (nSPS) is 16.1. The van der Waals surface area contributed by atoms with Crippen LogP contribution in [0.5, 0.6) is 0 Å². The molecule has 1 unspecified atom stereocenters. The molecule has 1 atom stereocenters. The first kappa shape index (κ1) is 21.1. The highest BCUT2D eigenvalue weighted by Crippen LogP contribution is 2.29. The highest BCUT2D eigenvalue weighted by atomic mass is 32.2. The lowest BCUT2D eigenvalue weighted by atomic mass is 10.1. The number of thioether (sulfide) groups is 1. The van der Waals surface area contributed by atoms with Crippen molar-refractivity contribution in [3.05, 3.63) is 52.2 Å². The zero-order chi connectivity index (χ0) is 20.8. The van der Waals surface area contributed by atoms with E-state index < -0.39 is 0 Å². The number of benzene rings is 1. The number of nitrogens with one attached hydrogen (secondary N) is 1. The summed E-state index contributed by atoms with van der Waals surface area (Å²) in [6.45, 7) is 4.25.